The highest BCUT2D eigenvalue weighted by Gasteiger charge is 2.19. The maximum Gasteiger partial charge on any atom is 0.264 e. The predicted octanol–water partition coefficient (Wildman–Crippen LogP) is 1.56. The fraction of sp³-hybridized carbons (Fsp3) is 0.286. The zero-order valence-corrected chi connectivity index (χ0v) is 12.8. The smallest absolute Gasteiger partial charge is 0.264 e. The average Bonchev–Trinajstić information content (AvgIpc) is 2.48. The van der Waals surface area contributed by atoms with E-state index in [1.54, 1.807) is 12.1 Å². The van der Waals surface area contributed by atoms with Crippen LogP contribution in [0.5, 0.6) is 0 Å². The zero-order valence-electron chi connectivity index (χ0n) is 12.0. The van der Waals surface area contributed by atoms with Crippen molar-refractivity contribution in [3.8, 4) is 0 Å². The molecule has 0 unspecified atom stereocenters. The Morgan fingerprint density at radius 3 is 2.52 bits per heavy atom. The molecule has 0 atom stereocenters. The van der Waals surface area contributed by atoms with Gasteiger partial charge in [-0.2, -0.15) is 0 Å². The van der Waals surface area contributed by atoms with E-state index in [4.69, 9.17) is 0 Å². The first-order valence-electron chi connectivity index (χ1n) is 6.63. The van der Waals surface area contributed by atoms with Gasteiger partial charge in [0.25, 0.3) is 10.0 Å². The van der Waals surface area contributed by atoms with Gasteiger partial charge in [-0.05, 0) is 36.7 Å². The Morgan fingerprint density at radius 1 is 1.19 bits per heavy atom. The van der Waals surface area contributed by atoms with E-state index < -0.39 is 10.0 Å². The molecule has 0 bridgehead atoms. The van der Waals surface area contributed by atoms with Crippen molar-refractivity contribution < 1.29 is 8.42 Å². The number of hydrogen-bond donors (Lipinski definition) is 2. The second kappa shape index (κ2) is 6.64. The number of benzene rings is 1. The Balaban J connectivity index is 2.40. The molecule has 7 heteroatoms. The first kappa shape index (κ1) is 15.4. The molecule has 21 heavy (non-hydrogen) atoms. The lowest BCUT2D eigenvalue weighted by atomic mass is 10.1. The molecule has 1 aromatic heterocycles. The van der Waals surface area contributed by atoms with E-state index in [0.717, 1.165) is 11.1 Å². The Bertz CT molecular complexity index is 702. The summed E-state index contributed by atoms with van der Waals surface area (Å²) < 4.78 is 27.5. The summed E-state index contributed by atoms with van der Waals surface area (Å²) in [6, 6.07) is 7.07. The van der Waals surface area contributed by atoms with E-state index in [0.29, 0.717) is 13.0 Å². The molecule has 2 N–H and O–H groups in total. The molecule has 112 valence electrons. The SMILES string of the molecule is CCc1ccc(CNC)cc1S(=O)(=O)Nc1ncccn1. The quantitative estimate of drug-likeness (QED) is 0.846. The molecule has 0 aliphatic rings. The molecule has 1 aromatic carbocycles. The Hall–Kier alpha value is -1.99. The fourth-order valence-electron chi connectivity index (χ4n) is 1.98. The van der Waals surface area contributed by atoms with Crippen molar-refractivity contribution in [1.82, 2.24) is 15.3 Å². The number of rotatable bonds is 6. The third kappa shape index (κ3) is 3.77. The van der Waals surface area contributed by atoms with Crippen LogP contribution >= 0.6 is 0 Å². The highest BCUT2D eigenvalue weighted by atomic mass is 32.2. The Morgan fingerprint density at radius 2 is 1.90 bits per heavy atom. The van der Waals surface area contributed by atoms with Gasteiger partial charge in [0.1, 0.15) is 0 Å². The van der Waals surface area contributed by atoms with Crippen molar-refractivity contribution in [2.75, 3.05) is 11.8 Å². The second-order valence-corrected chi connectivity index (χ2v) is 6.15. The standard InChI is InChI=1S/C14H18N4O2S/c1-3-12-6-5-11(10-15-2)9-13(12)21(19,20)18-14-16-7-4-8-17-14/h4-9,15H,3,10H2,1-2H3,(H,16,17,18). The molecule has 0 spiro atoms. The minimum Gasteiger partial charge on any atom is -0.316 e. The number of anilines is 1. The lowest BCUT2D eigenvalue weighted by Crippen LogP contribution is -2.17. The molecular formula is C14H18N4O2S. The molecule has 0 saturated carbocycles. The van der Waals surface area contributed by atoms with Crippen molar-refractivity contribution in [1.29, 1.82) is 0 Å². The maximum absolute atomic E-state index is 12.5. The summed E-state index contributed by atoms with van der Waals surface area (Å²) in [5.41, 5.74) is 1.67. The summed E-state index contributed by atoms with van der Waals surface area (Å²) >= 11 is 0. The molecule has 0 aliphatic heterocycles. The Labute approximate surface area is 124 Å². The predicted molar refractivity (Wildman–Crippen MR) is 81.4 cm³/mol. The van der Waals surface area contributed by atoms with Gasteiger partial charge in [0.05, 0.1) is 4.90 Å². The van der Waals surface area contributed by atoms with Crippen LogP contribution in [-0.2, 0) is 23.0 Å². The molecule has 6 nitrogen and oxygen atoms in total. The topological polar surface area (TPSA) is 84.0 Å². The van der Waals surface area contributed by atoms with Gasteiger partial charge < -0.3 is 5.32 Å². The van der Waals surface area contributed by atoms with Gasteiger partial charge in [-0.15, -0.1) is 0 Å². The lowest BCUT2D eigenvalue weighted by Gasteiger charge is -2.12. The number of nitrogens with one attached hydrogen (secondary N) is 2. The molecule has 1 heterocycles. The largest absolute Gasteiger partial charge is 0.316 e. The highest BCUT2D eigenvalue weighted by Crippen LogP contribution is 2.20. The van der Waals surface area contributed by atoms with Crippen molar-refractivity contribution in [2.45, 2.75) is 24.8 Å². The van der Waals surface area contributed by atoms with Crippen molar-refractivity contribution in [3.63, 3.8) is 0 Å². The van der Waals surface area contributed by atoms with E-state index >= 15 is 0 Å². The molecular weight excluding hydrogens is 288 g/mol. The third-order valence-corrected chi connectivity index (χ3v) is 4.38. The Kier molecular flexibility index (Phi) is 4.87. The van der Waals surface area contributed by atoms with Crippen LogP contribution in [0, 0.1) is 0 Å². The van der Waals surface area contributed by atoms with Gasteiger partial charge in [0.2, 0.25) is 5.95 Å². The van der Waals surface area contributed by atoms with Gasteiger partial charge in [-0.25, -0.2) is 23.1 Å². The summed E-state index contributed by atoms with van der Waals surface area (Å²) in [6.45, 7) is 2.53. The molecule has 2 aromatic rings. The van der Waals surface area contributed by atoms with Crippen LogP contribution in [-0.4, -0.2) is 25.4 Å². The van der Waals surface area contributed by atoms with Gasteiger partial charge >= 0.3 is 0 Å². The van der Waals surface area contributed by atoms with Crippen LogP contribution in [0.15, 0.2) is 41.6 Å². The third-order valence-electron chi connectivity index (χ3n) is 2.97. The van der Waals surface area contributed by atoms with Gasteiger partial charge in [-0.3, -0.25) is 0 Å². The average molecular weight is 306 g/mol. The normalized spacial score (nSPS) is 11.3. The fourth-order valence-corrected chi connectivity index (χ4v) is 3.30. The summed E-state index contributed by atoms with van der Waals surface area (Å²) in [7, 11) is -1.88. The van der Waals surface area contributed by atoms with Crippen molar-refractivity contribution >= 4 is 16.0 Å². The zero-order chi connectivity index (χ0) is 15.3. The lowest BCUT2D eigenvalue weighted by molar-refractivity contribution is 0.599. The summed E-state index contributed by atoms with van der Waals surface area (Å²) in [4.78, 5) is 8.05. The number of hydrogen-bond acceptors (Lipinski definition) is 5. The summed E-state index contributed by atoms with van der Waals surface area (Å²) in [5.74, 6) is 0.0681. The van der Waals surface area contributed by atoms with E-state index in [1.165, 1.54) is 12.4 Å². The summed E-state index contributed by atoms with van der Waals surface area (Å²) in [5, 5.41) is 3.01. The number of aryl methyl sites for hydroxylation is 1. The van der Waals surface area contributed by atoms with E-state index in [1.807, 2.05) is 26.1 Å². The second-order valence-electron chi connectivity index (χ2n) is 4.50. The van der Waals surface area contributed by atoms with Crippen molar-refractivity contribution in [2.24, 2.45) is 0 Å². The van der Waals surface area contributed by atoms with Gasteiger partial charge in [0, 0.05) is 18.9 Å². The van der Waals surface area contributed by atoms with E-state index in [9.17, 15) is 8.42 Å². The van der Waals surface area contributed by atoms with Crippen LogP contribution in [0.3, 0.4) is 0 Å². The number of nitrogens with zero attached hydrogens (tertiary/aromatic N) is 2. The molecule has 0 amide bonds. The van der Waals surface area contributed by atoms with E-state index in [-0.39, 0.29) is 10.8 Å². The number of sulfonamides is 1. The van der Waals surface area contributed by atoms with Crippen LogP contribution in [0.2, 0.25) is 0 Å². The first-order valence-corrected chi connectivity index (χ1v) is 8.11. The summed E-state index contributed by atoms with van der Waals surface area (Å²) in [6.07, 6.45) is 3.61. The molecule has 0 saturated heterocycles. The maximum atomic E-state index is 12.5. The number of aromatic nitrogens is 2. The van der Waals surface area contributed by atoms with Crippen molar-refractivity contribution in [3.05, 3.63) is 47.8 Å². The molecule has 0 fully saturated rings. The molecule has 0 aliphatic carbocycles. The van der Waals surface area contributed by atoms with Gasteiger partial charge in [-0.1, -0.05) is 19.1 Å². The van der Waals surface area contributed by atoms with Gasteiger partial charge in [0.15, 0.2) is 0 Å². The van der Waals surface area contributed by atoms with E-state index in [2.05, 4.69) is 20.0 Å². The minimum atomic E-state index is -3.70. The van der Waals surface area contributed by atoms with Crippen LogP contribution < -0.4 is 10.0 Å². The van der Waals surface area contributed by atoms with Crippen LogP contribution in [0.1, 0.15) is 18.1 Å². The van der Waals surface area contributed by atoms with Crippen LogP contribution in [0.25, 0.3) is 0 Å². The molecule has 2 rings (SSSR count). The molecule has 0 radical (unpaired) electrons. The minimum absolute atomic E-state index is 0.0681. The first-order chi connectivity index (χ1) is 10.1. The highest BCUT2D eigenvalue weighted by molar-refractivity contribution is 7.92. The monoisotopic (exact) mass is 306 g/mol. The van der Waals surface area contributed by atoms with Crippen LogP contribution in [0.4, 0.5) is 5.95 Å².